The molecule has 0 saturated carbocycles. The molecule has 0 unspecified atom stereocenters. The molecular weight excluding hydrogens is 549 g/mol. The van der Waals surface area contributed by atoms with Crippen LogP contribution in [0.4, 0.5) is 14.5 Å². The third kappa shape index (κ3) is 6.81. The van der Waals surface area contributed by atoms with Crippen LogP contribution in [0.2, 0.25) is 10.0 Å². The number of ether oxygens (including phenoxy) is 1. The van der Waals surface area contributed by atoms with E-state index in [1.807, 2.05) is 0 Å². The Bertz CT molecular complexity index is 1410. The molecule has 1 fully saturated rings. The molecule has 12 heteroatoms. The number of hydrogen-bond donors (Lipinski definition) is 3. The first-order valence-corrected chi connectivity index (χ1v) is 11.8. The molecule has 0 atom stereocenters. The number of aromatic nitrogens is 2. The van der Waals surface area contributed by atoms with E-state index in [2.05, 4.69) is 10.4 Å². The predicted octanol–water partition coefficient (Wildman–Crippen LogP) is 6.13. The number of aromatic carboxylic acids is 1. The van der Waals surface area contributed by atoms with Crippen molar-refractivity contribution in [2.24, 2.45) is 0 Å². The van der Waals surface area contributed by atoms with E-state index in [0.29, 0.717) is 26.8 Å². The number of nitrogens with zero attached hydrogens (tertiary/aromatic N) is 2. The van der Waals surface area contributed by atoms with E-state index >= 15 is 0 Å². The topological polar surface area (TPSA) is 102 Å². The van der Waals surface area contributed by atoms with Gasteiger partial charge in [0.15, 0.2) is 0 Å². The molecule has 1 aliphatic rings. The minimum atomic E-state index is -1.06. The van der Waals surface area contributed by atoms with Crippen molar-refractivity contribution in [3.05, 3.63) is 81.8 Å². The summed E-state index contributed by atoms with van der Waals surface area (Å²) in [6.45, 7) is 1.76. The van der Waals surface area contributed by atoms with Crippen LogP contribution >= 0.6 is 35.6 Å². The number of nitrogen functional groups attached to an aromatic ring is 1. The molecule has 1 aromatic heterocycles. The number of anilines is 1. The van der Waals surface area contributed by atoms with Gasteiger partial charge in [-0.05, 0) is 74.5 Å². The van der Waals surface area contributed by atoms with Gasteiger partial charge in [0.25, 0.3) is 0 Å². The molecule has 2 heterocycles. The highest BCUT2D eigenvalue weighted by molar-refractivity contribution is 6.31. The molecule has 0 aliphatic carbocycles. The summed E-state index contributed by atoms with van der Waals surface area (Å²) < 4.78 is 35.2. The number of nitrogens with two attached hydrogens (primary N) is 1. The average molecular weight is 572 g/mol. The maximum absolute atomic E-state index is 14.2. The van der Waals surface area contributed by atoms with Gasteiger partial charge in [0, 0.05) is 21.8 Å². The van der Waals surface area contributed by atoms with Crippen LogP contribution in [0, 0.1) is 11.6 Å². The third-order valence-electron chi connectivity index (χ3n) is 5.55. The maximum Gasteiger partial charge on any atom is 0.337 e. The zero-order valence-corrected chi connectivity index (χ0v) is 21.6. The van der Waals surface area contributed by atoms with E-state index < -0.39 is 17.6 Å². The third-order valence-corrected chi connectivity index (χ3v) is 6.02. The first-order valence-electron chi connectivity index (χ1n) is 11.0. The molecule has 7 nitrogen and oxygen atoms in total. The van der Waals surface area contributed by atoms with Gasteiger partial charge in [-0.25, -0.2) is 18.3 Å². The number of halogens is 5. The lowest BCUT2D eigenvalue weighted by Gasteiger charge is -2.22. The van der Waals surface area contributed by atoms with Crippen LogP contribution in [-0.2, 0) is 0 Å². The quantitative estimate of drug-likeness (QED) is 0.255. The molecule has 0 bridgehead atoms. The number of fused-ring (bicyclic) bond motifs is 1. The van der Waals surface area contributed by atoms with Crippen molar-refractivity contribution in [3.63, 3.8) is 0 Å². The number of nitrogens with one attached hydrogen (secondary N) is 1. The number of piperidine rings is 1. The summed E-state index contributed by atoms with van der Waals surface area (Å²) in [5, 5.41) is 17.8. The van der Waals surface area contributed by atoms with Crippen molar-refractivity contribution in [1.29, 1.82) is 0 Å². The highest BCUT2D eigenvalue weighted by Crippen LogP contribution is 2.32. The number of carboxylic acid groups (broad SMARTS) is 1. The fourth-order valence-corrected chi connectivity index (χ4v) is 4.11. The molecule has 0 amide bonds. The lowest BCUT2D eigenvalue weighted by atomic mass is 10.1. The van der Waals surface area contributed by atoms with Gasteiger partial charge in [-0.3, -0.25) is 0 Å². The van der Waals surface area contributed by atoms with Crippen LogP contribution in [0.1, 0.15) is 23.2 Å². The Kier molecular flexibility index (Phi) is 9.56. The summed E-state index contributed by atoms with van der Waals surface area (Å²) in [5.74, 6) is -1.78. The van der Waals surface area contributed by atoms with Crippen molar-refractivity contribution in [1.82, 2.24) is 15.1 Å². The molecule has 4 aromatic rings. The monoisotopic (exact) mass is 570 g/mol. The maximum atomic E-state index is 14.2. The lowest BCUT2D eigenvalue weighted by Crippen LogP contribution is -2.34. The van der Waals surface area contributed by atoms with Gasteiger partial charge in [-0.1, -0.05) is 23.2 Å². The lowest BCUT2D eigenvalue weighted by molar-refractivity contribution is 0.0698. The smallest absolute Gasteiger partial charge is 0.337 e. The van der Waals surface area contributed by atoms with Crippen LogP contribution in [-0.4, -0.2) is 40.0 Å². The van der Waals surface area contributed by atoms with Crippen LogP contribution in [0.25, 0.3) is 16.6 Å². The van der Waals surface area contributed by atoms with E-state index in [-0.39, 0.29) is 35.4 Å². The largest absolute Gasteiger partial charge is 0.478 e. The second kappa shape index (κ2) is 12.4. The Balaban J connectivity index is 0.000000269. The Morgan fingerprint density at radius 2 is 1.73 bits per heavy atom. The summed E-state index contributed by atoms with van der Waals surface area (Å²) in [6, 6.07) is 12.8. The second-order valence-electron chi connectivity index (χ2n) is 8.08. The SMILES string of the molecule is Cl.Fc1ccc(F)c(-n2nc(OC3CCNCC3)c3cc(Cl)ccc32)c1.Nc1ccc(Cl)cc1C(=O)O. The van der Waals surface area contributed by atoms with Crippen molar-refractivity contribution in [2.45, 2.75) is 18.9 Å². The fourth-order valence-electron chi connectivity index (χ4n) is 3.77. The summed E-state index contributed by atoms with van der Waals surface area (Å²) in [6.07, 6.45) is 1.76. The van der Waals surface area contributed by atoms with Crippen molar-refractivity contribution < 1.29 is 23.4 Å². The molecule has 1 saturated heterocycles. The summed E-state index contributed by atoms with van der Waals surface area (Å²) >= 11 is 11.7. The van der Waals surface area contributed by atoms with Crippen LogP contribution in [0.5, 0.6) is 5.88 Å². The van der Waals surface area contributed by atoms with Gasteiger partial charge >= 0.3 is 5.97 Å². The highest BCUT2D eigenvalue weighted by Gasteiger charge is 2.21. The predicted molar refractivity (Wildman–Crippen MR) is 143 cm³/mol. The molecule has 1 aliphatic heterocycles. The minimum Gasteiger partial charge on any atom is -0.478 e. The minimum absolute atomic E-state index is 0. The Morgan fingerprint density at radius 3 is 2.41 bits per heavy atom. The van der Waals surface area contributed by atoms with Gasteiger partial charge in [-0.2, -0.15) is 0 Å². The second-order valence-corrected chi connectivity index (χ2v) is 8.95. The fraction of sp³-hybridized carbons (Fsp3) is 0.200. The number of carbonyl (C=O) groups is 1. The molecule has 3 aromatic carbocycles. The normalized spacial score (nSPS) is 13.4. The molecular formula is C25H23Cl3F2N4O3. The van der Waals surface area contributed by atoms with E-state index in [1.54, 1.807) is 24.3 Å². The number of benzene rings is 3. The van der Waals surface area contributed by atoms with E-state index in [9.17, 15) is 13.6 Å². The number of carboxylic acids is 1. The van der Waals surface area contributed by atoms with Crippen molar-refractivity contribution in [3.8, 4) is 11.6 Å². The molecule has 5 rings (SSSR count). The standard InChI is InChI=1S/C18H16ClF2N3O.C7H6ClNO2.ClH/c19-11-1-4-16-14(9-11)18(25-13-5-7-22-8-6-13)23-24(16)17-10-12(20)2-3-15(17)21;8-4-1-2-6(9)5(3-4)7(10)11;/h1-4,9-10,13,22H,5-8H2;1-3H,9H2,(H,10,11);1H. The van der Waals surface area contributed by atoms with Crippen molar-refractivity contribution in [2.75, 3.05) is 18.8 Å². The highest BCUT2D eigenvalue weighted by atomic mass is 35.5. The van der Waals surface area contributed by atoms with Crippen molar-refractivity contribution >= 4 is 58.2 Å². The van der Waals surface area contributed by atoms with Gasteiger partial charge in [-0.15, -0.1) is 17.5 Å². The van der Waals surface area contributed by atoms with Gasteiger partial charge < -0.3 is 20.9 Å². The molecule has 0 radical (unpaired) electrons. The Morgan fingerprint density at radius 1 is 1.05 bits per heavy atom. The number of rotatable bonds is 4. The zero-order valence-electron chi connectivity index (χ0n) is 19.3. The van der Waals surface area contributed by atoms with Gasteiger partial charge in [0.2, 0.25) is 5.88 Å². The van der Waals surface area contributed by atoms with E-state index in [1.165, 1.54) is 16.8 Å². The summed E-state index contributed by atoms with van der Waals surface area (Å²) in [7, 11) is 0. The first-order chi connectivity index (χ1) is 17.2. The summed E-state index contributed by atoms with van der Waals surface area (Å²) in [4.78, 5) is 10.4. The first kappa shape index (κ1) is 28.5. The van der Waals surface area contributed by atoms with E-state index in [4.69, 9.17) is 38.8 Å². The van der Waals surface area contributed by atoms with Gasteiger partial charge in [0.05, 0.1) is 16.5 Å². The zero-order chi connectivity index (χ0) is 25.8. The molecule has 4 N–H and O–H groups in total. The van der Waals surface area contributed by atoms with Gasteiger partial charge in [0.1, 0.15) is 23.4 Å². The Labute approximate surface area is 227 Å². The molecule has 37 heavy (non-hydrogen) atoms. The molecule has 196 valence electrons. The van der Waals surface area contributed by atoms with E-state index in [0.717, 1.165) is 44.1 Å². The average Bonchev–Trinajstić information content (AvgIpc) is 3.20. The summed E-state index contributed by atoms with van der Waals surface area (Å²) in [5.41, 5.74) is 6.26. The van der Waals surface area contributed by atoms with Crippen LogP contribution in [0.15, 0.2) is 54.6 Å². The van der Waals surface area contributed by atoms with Crippen LogP contribution < -0.4 is 15.8 Å². The molecule has 0 spiro atoms. The Hall–Kier alpha value is -3.11. The number of hydrogen-bond acceptors (Lipinski definition) is 5. The van der Waals surface area contributed by atoms with Crippen LogP contribution in [0.3, 0.4) is 0 Å².